The topological polar surface area (TPSA) is 58.6 Å². The number of rotatable bonds is 6. The Morgan fingerprint density at radius 1 is 1.64 bits per heavy atom. The van der Waals surface area contributed by atoms with Gasteiger partial charge in [0.15, 0.2) is 0 Å². The van der Waals surface area contributed by atoms with E-state index in [4.69, 9.17) is 17.3 Å². The predicted molar refractivity (Wildman–Crippen MR) is 61.4 cm³/mol. The zero-order valence-electron chi connectivity index (χ0n) is 8.12. The van der Waals surface area contributed by atoms with Gasteiger partial charge in [-0.1, -0.05) is 24.0 Å². The van der Waals surface area contributed by atoms with E-state index in [1.165, 1.54) is 18.9 Å². The molecule has 82 valence electrons. The summed E-state index contributed by atoms with van der Waals surface area (Å²) in [6, 6.07) is 0. The number of carbonyl (C=O) groups is 1. The fourth-order valence-electron chi connectivity index (χ4n) is 0.649. The molecule has 0 heterocycles. The van der Waals surface area contributed by atoms with Gasteiger partial charge in [-0.05, 0) is 6.42 Å². The van der Waals surface area contributed by atoms with Crippen LogP contribution in [0.3, 0.4) is 0 Å². The normalized spacial score (nSPS) is 9.57. The number of esters is 1. The zero-order valence-corrected chi connectivity index (χ0v) is 9.75. The fraction of sp³-hybridized carbons (Fsp3) is 0.750. The molecule has 0 aliphatic rings. The van der Waals surface area contributed by atoms with Crippen LogP contribution >= 0.6 is 24.0 Å². The predicted octanol–water partition coefficient (Wildman–Crippen LogP) is 0.540. The van der Waals surface area contributed by atoms with Crippen molar-refractivity contribution in [3.05, 3.63) is 0 Å². The molecule has 0 aromatic rings. The average Bonchev–Trinajstić information content (AvgIpc) is 2.18. The van der Waals surface area contributed by atoms with E-state index in [1.807, 2.05) is 0 Å². The Morgan fingerprint density at radius 2 is 2.36 bits per heavy atom. The van der Waals surface area contributed by atoms with E-state index in [0.717, 1.165) is 12.2 Å². The van der Waals surface area contributed by atoms with Crippen molar-refractivity contribution in [2.45, 2.75) is 12.8 Å². The molecular formula is C8H15NO3S2. The molecule has 0 radical (unpaired) electrons. The quantitative estimate of drug-likeness (QED) is 0.399. The first-order chi connectivity index (χ1) is 6.70. The summed E-state index contributed by atoms with van der Waals surface area (Å²) in [7, 11) is 1.36. The van der Waals surface area contributed by atoms with Crippen molar-refractivity contribution in [3.8, 4) is 0 Å². The summed E-state index contributed by atoms with van der Waals surface area (Å²) in [4.78, 5) is 10.7. The minimum Gasteiger partial charge on any atom is -0.469 e. The molecule has 0 fully saturated rings. The number of ether oxygens (including phenoxy) is 1. The van der Waals surface area contributed by atoms with Crippen molar-refractivity contribution in [1.82, 2.24) is 5.32 Å². The zero-order chi connectivity index (χ0) is 10.8. The minimum absolute atomic E-state index is 0.178. The van der Waals surface area contributed by atoms with Gasteiger partial charge >= 0.3 is 5.97 Å². The van der Waals surface area contributed by atoms with Crippen molar-refractivity contribution in [2.24, 2.45) is 0 Å². The molecular weight excluding hydrogens is 222 g/mol. The molecule has 4 nitrogen and oxygen atoms in total. The minimum atomic E-state index is -0.249. The third-order valence-electron chi connectivity index (χ3n) is 1.36. The Hall–Kier alpha value is -0.330. The number of aliphatic hydroxyl groups excluding tert-OH is 1. The van der Waals surface area contributed by atoms with Gasteiger partial charge in [0.25, 0.3) is 0 Å². The fourth-order valence-corrected chi connectivity index (χ4v) is 1.66. The number of carbonyl (C=O) groups excluding carboxylic acids is 1. The highest BCUT2D eigenvalue weighted by atomic mass is 32.2. The molecule has 0 aromatic heterocycles. The SMILES string of the molecule is COC(=O)CCNC(=S)SCCCO. The molecule has 0 saturated heterocycles. The number of hydrogen-bond donors (Lipinski definition) is 2. The maximum absolute atomic E-state index is 10.7. The van der Waals surface area contributed by atoms with Crippen molar-refractivity contribution in [2.75, 3.05) is 26.0 Å². The monoisotopic (exact) mass is 237 g/mol. The van der Waals surface area contributed by atoms with Gasteiger partial charge in [-0.25, -0.2) is 0 Å². The van der Waals surface area contributed by atoms with Gasteiger partial charge in [-0.2, -0.15) is 0 Å². The van der Waals surface area contributed by atoms with Crippen LogP contribution in [0.15, 0.2) is 0 Å². The first kappa shape index (κ1) is 13.7. The highest BCUT2D eigenvalue weighted by Crippen LogP contribution is 2.03. The van der Waals surface area contributed by atoms with Crippen LogP contribution in [-0.2, 0) is 9.53 Å². The lowest BCUT2D eigenvalue weighted by Gasteiger charge is -2.05. The molecule has 14 heavy (non-hydrogen) atoms. The van der Waals surface area contributed by atoms with E-state index in [-0.39, 0.29) is 12.6 Å². The molecule has 0 aromatic carbocycles. The Labute approximate surface area is 93.4 Å². The second-order valence-electron chi connectivity index (χ2n) is 2.47. The highest BCUT2D eigenvalue weighted by Gasteiger charge is 2.00. The first-order valence-corrected chi connectivity index (χ1v) is 5.68. The van der Waals surface area contributed by atoms with Crippen LogP contribution in [0, 0.1) is 0 Å². The number of hydrogen-bond acceptors (Lipinski definition) is 5. The molecule has 0 amide bonds. The Bertz CT molecular complexity index is 187. The van der Waals surface area contributed by atoms with Crippen LogP contribution in [0.25, 0.3) is 0 Å². The van der Waals surface area contributed by atoms with Gasteiger partial charge in [0.05, 0.1) is 13.5 Å². The summed E-state index contributed by atoms with van der Waals surface area (Å²) in [6.07, 6.45) is 1.04. The Balaban J connectivity index is 3.31. The maximum atomic E-state index is 10.7. The molecule has 0 rings (SSSR count). The standard InChI is InChI=1S/C8H15NO3S2/c1-12-7(11)3-4-9-8(13)14-6-2-5-10/h10H,2-6H2,1H3,(H,9,13). The van der Waals surface area contributed by atoms with Crippen molar-refractivity contribution in [3.63, 3.8) is 0 Å². The molecule has 0 atom stereocenters. The average molecular weight is 237 g/mol. The lowest BCUT2D eigenvalue weighted by molar-refractivity contribution is -0.140. The van der Waals surface area contributed by atoms with E-state index < -0.39 is 0 Å². The molecule has 0 saturated carbocycles. The van der Waals surface area contributed by atoms with E-state index in [2.05, 4.69) is 10.1 Å². The summed E-state index contributed by atoms with van der Waals surface area (Å²) in [5.74, 6) is 0.543. The van der Waals surface area contributed by atoms with Crippen LogP contribution in [-0.4, -0.2) is 41.4 Å². The van der Waals surface area contributed by atoms with E-state index >= 15 is 0 Å². The van der Waals surface area contributed by atoms with Crippen LogP contribution in [0.2, 0.25) is 0 Å². The number of nitrogens with one attached hydrogen (secondary N) is 1. The van der Waals surface area contributed by atoms with Crippen LogP contribution in [0.1, 0.15) is 12.8 Å². The van der Waals surface area contributed by atoms with Crippen molar-refractivity contribution < 1.29 is 14.6 Å². The second-order valence-corrected chi connectivity index (χ2v) is 4.24. The number of aliphatic hydroxyl groups is 1. The summed E-state index contributed by atoms with van der Waals surface area (Å²) >= 11 is 6.44. The van der Waals surface area contributed by atoms with E-state index in [0.29, 0.717) is 17.3 Å². The lowest BCUT2D eigenvalue weighted by atomic mass is 10.4. The molecule has 0 unspecified atom stereocenters. The van der Waals surface area contributed by atoms with Crippen molar-refractivity contribution >= 4 is 34.3 Å². The van der Waals surface area contributed by atoms with Gasteiger partial charge in [0, 0.05) is 18.9 Å². The summed E-state index contributed by atoms with van der Waals surface area (Å²) in [5.41, 5.74) is 0. The molecule has 6 heteroatoms. The van der Waals surface area contributed by atoms with Gasteiger partial charge in [-0.3, -0.25) is 4.79 Å². The van der Waals surface area contributed by atoms with Crippen LogP contribution < -0.4 is 5.32 Å². The van der Waals surface area contributed by atoms with Gasteiger partial charge in [-0.15, -0.1) is 0 Å². The molecule has 0 bridgehead atoms. The smallest absolute Gasteiger partial charge is 0.307 e. The largest absolute Gasteiger partial charge is 0.469 e. The highest BCUT2D eigenvalue weighted by molar-refractivity contribution is 8.22. The number of methoxy groups -OCH3 is 1. The summed E-state index contributed by atoms with van der Waals surface area (Å²) in [6.45, 7) is 0.676. The van der Waals surface area contributed by atoms with Gasteiger partial charge in [0.2, 0.25) is 0 Å². The van der Waals surface area contributed by atoms with Crippen molar-refractivity contribution in [1.29, 1.82) is 0 Å². The number of thiocarbonyl (C=S) groups is 1. The van der Waals surface area contributed by atoms with Crippen LogP contribution in [0.4, 0.5) is 0 Å². The van der Waals surface area contributed by atoms with E-state index in [1.54, 1.807) is 0 Å². The maximum Gasteiger partial charge on any atom is 0.307 e. The van der Waals surface area contributed by atoms with E-state index in [9.17, 15) is 4.79 Å². The Kier molecular flexibility index (Phi) is 9.02. The molecule has 2 N–H and O–H groups in total. The summed E-state index contributed by atoms with van der Waals surface area (Å²) < 4.78 is 5.12. The second kappa shape index (κ2) is 9.23. The molecule has 0 aliphatic heterocycles. The molecule has 0 aliphatic carbocycles. The first-order valence-electron chi connectivity index (χ1n) is 4.29. The third kappa shape index (κ3) is 8.28. The third-order valence-corrected chi connectivity index (χ3v) is 2.76. The van der Waals surface area contributed by atoms with Crippen LogP contribution in [0.5, 0.6) is 0 Å². The molecule has 0 spiro atoms. The summed E-state index contributed by atoms with van der Waals surface area (Å²) in [5, 5.41) is 11.4. The van der Waals surface area contributed by atoms with Gasteiger partial charge in [0.1, 0.15) is 4.32 Å². The number of thioether (sulfide) groups is 1. The Morgan fingerprint density at radius 3 is 2.93 bits per heavy atom. The lowest BCUT2D eigenvalue weighted by Crippen LogP contribution is -2.22. The van der Waals surface area contributed by atoms with Gasteiger partial charge < -0.3 is 15.2 Å².